The van der Waals surface area contributed by atoms with E-state index in [1.807, 2.05) is 13.8 Å². The lowest BCUT2D eigenvalue weighted by Gasteiger charge is -2.27. The average Bonchev–Trinajstić information content (AvgIpc) is 2.66. The Morgan fingerprint density at radius 3 is 2.80 bits per heavy atom. The third-order valence-electron chi connectivity index (χ3n) is 2.69. The van der Waals surface area contributed by atoms with Crippen molar-refractivity contribution in [2.24, 2.45) is 0 Å². The molecule has 0 fully saturated rings. The number of thiophene rings is 1. The molecule has 0 aliphatic heterocycles. The second-order valence-electron chi connectivity index (χ2n) is 4.42. The van der Waals surface area contributed by atoms with E-state index in [9.17, 15) is 5.11 Å². The van der Waals surface area contributed by atoms with Crippen LogP contribution >= 0.6 is 11.3 Å². The highest BCUT2D eigenvalue weighted by molar-refractivity contribution is 7.09. The van der Waals surface area contributed by atoms with E-state index in [1.54, 1.807) is 11.3 Å². The van der Waals surface area contributed by atoms with Crippen molar-refractivity contribution in [1.82, 2.24) is 4.90 Å². The van der Waals surface area contributed by atoms with Crippen LogP contribution in [0.25, 0.3) is 0 Å². The van der Waals surface area contributed by atoms with E-state index in [4.69, 9.17) is 0 Å². The summed E-state index contributed by atoms with van der Waals surface area (Å²) in [6, 6.07) is 4.25. The van der Waals surface area contributed by atoms with Crippen molar-refractivity contribution in [3.63, 3.8) is 0 Å². The first-order valence-electron chi connectivity index (χ1n) is 5.47. The Labute approximate surface area is 96.5 Å². The fourth-order valence-electron chi connectivity index (χ4n) is 1.53. The molecule has 0 bridgehead atoms. The molecule has 0 aliphatic carbocycles. The Morgan fingerprint density at radius 1 is 1.53 bits per heavy atom. The van der Waals surface area contributed by atoms with Crippen LogP contribution in [-0.4, -0.2) is 35.7 Å². The van der Waals surface area contributed by atoms with Gasteiger partial charge >= 0.3 is 0 Å². The van der Waals surface area contributed by atoms with Crippen LogP contribution in [0.3, 0.4) is 0 Å². The molecule has 1 atom stereocenters. The van der Waals surface area contributed by atoms with Gasteiger partial charge in [-0.05, 0) is 38.3 Å². The highest BCUT2D eigenvalue weighted by atomic mass is 32.1. The Hall–Kier alpha value is -0.380. The predicted octanol–water partition coefficient (Wildman–Crippen LogP) is 2.38. The van der Waals surface area contributed by atoms with Crippen LogP contribution in [0.4, 0.5) is 0 Å². The third-order valence-corrected chi connectivity index (χ3v) is 3.63. The Balaban J connectivity index is 2.27. The van der Waals surface area contributed by atoms with Gasteiger partial charge in [0, 0.05) is 18.0 Å². The van der Waals surface area contributed by atoms with Gasteiger partial charge in [-0.2, -0.15) is 0 Å². The standard InChI is InChI=1S/C12H21NOS/c1-4-12(2,14)10-13(3)8-7-11-6-5-9-15-11/h5-6,9,14H,4,7-8,10H2,1-3H3. The lowest BCUT2D eigenvalue weighted by Crippen LogP contribution is -2.39. The molecule has 15 heavy (non-hydrogen) atoms. The monoisotopic (exact) mass is 227 g/mol. The lowest BCUT2D eigenvalue weighted by molar-refractivity contribution is 0.0241. The lowest BCUT2D eigenvalue weighted by atomic mass is 10.0. The van der Waals surface area contributed by atoms with Gasteiger partial charge in [-0.3, -0.25) is 0 Å². The van der Waals surface area contributed by atoms with E-state index >= 15 is 0 Å². The van der Waals surface area contributed by atoms with Crippen molar-refractivity contribution in [1.29, 1.82) is 0 Å². The van der Waals surface area contributed by atoms with E-state index in [0.717, 1.165) is 25.9 Å². The first kappa shape index (κ1) is 12.7. The number of nitrogens with zero attached hydrogens (tertiary/aromatic N) is 1. The quantitative estimate of drug-likeness (QED) is 0.806. The number of rotatable bonds is 6. The van der Waals surface area contributed by atoms with Gasteiger partial charge in [0.1, 0.15) is 0 Å². The van der Waals surface area contributed by atoms with Crippen molar-refractivity contribution in [3.05, 3.63) is 22.4 Å². The fraction of sp³-hybridized carbons (Fsp3) is 0.667. The molecule has 1 N–H and O–H groups in total. The van der Waals surface area contributed by atoms with E-state index in [2.05, 4.69) is 29.5 Å². The maximum absolute atomic E-state index is 9.91. The van der Waals surface area contributed by atoms with Crippen LogP contribution in [0.1, 0.15) is 25.1 Å². The van der Waals surface area contributed by atoms with E-state index < -0.39 is 5.60 Å². The summed E-state index contributed by atoms with van der Waals surface area (Å²) < 4.78 is 0. The molecule has 0 saturated carbocycles. The summed E-state index contributed by atoms with van der Waals surface area (Å²) in [5.41, 5.74) is -0.551. The molecule has 1 aromatic heterocycles. The summed E-state index contributed by atoms with van der Waals surface area (Å²) in [5.74, 6) is 0. The first-order chi connectivity index (χ1) is 7.03. The van der Waals surface area contributed by atoms with E-state index in [1.165, 1.54) is 4.88 Å². The Bertz CT molecular complexity index is 269. The molecule has 0 amide bonds. The summed E-state index contributed by atoms with van der Waals surface area (Å²) in [4.78, 5) is 3.61. The molecule has 0 aromatic carbocycles. The molecule has 1 unspecified atom stereocenters. The predicted molar refractivity (Wildman–Crippen MR) is 66.4 cm³/mol. The van der Waals surface area contributed by atoms with Crippen LogP contribution < -0.4 is 0 Å². The van der Waals surface area contributed by atoms with Gasteiger partial charge < -0.3 is 10.0 Å². The minimum atomic E-state index is -0.551. The minimum absolute atomic E-state index is 0.551. The van der Waals surface area contributed by atoms with Crippen molar-refractivity contribution in [2.45, 2.75) is 32.3 Å². The van der Waals surface area contributed by atoms with Gasteiger partial charge in [-0.15, -0.1) is 11.3 Å². The summed E-state index contributed by atoms with van der Waals surface area (Å²) in [5, 5.41) is 12.0. The molecular weight excluding hydrogens is 206 g/mol. The second kappa shape index (κ2) is 5.64. The van der Waals surface area contributed by atoms with Crippen LogP contribution in [-0.2, 0) is 6.42 Å². The van der Waals surface area contributed by atoms with Gasteiger partial charge in [0.05, 0.1) is 5.60 Å². The molecule has 0 spiro atoms. The maximum Gasteiger partial charge on any atom is 0.0743 e. The zero-order valence-electron chi connectivity index (χ0n) is 9.86. The maximum atomic E-state index is 9.91. The fourth-order valence-corrected chi connectivity index (χ4v) is 2.23. The number of hydrogen-bond donors (Lipinski definition) is 1. The van der Waals surface area contributed by atoms with E-state index in [-0.39, 0.29) is 0 Å². The summed E-state index contributed by atoms with van der Waals surface area (Å²) in [6.45, 7) is 5.67. The zero-order valence-corrected chi connectivity index (χ0v) is 10.7. The summed E-state index contributed by atoms with van der Waals surface area (Å²) in [7, 11) is 2.07. The number of aliphatic hydroxyl groups is 1. The Morgan fingerprint density at radius 2 is 2.27 bits per heavy atom. The molecule has 0 aliphatic rings. The van der Waals surface area contributed by atoms with Crippen LogP contribution in [0.5, 0.6) is 0 Å². The molecule has 0 saturated heterocycles. The van der Waals surface area contributed by atoms with E-state index in [0.29, 0.717) is 0 Å². The second-order valence-corrected chi connectivity index (χ2v) is 5.45. The van der Waals surface area contributed by atoms with Gasteiger partial charge in [-0.1, -0.05) is 13.0 Å². The van der Waals surface area contributed by atoms with Gasteiger partial charge in [0.2, 0.25) is 0 Å². The highest BCUT2D eigenvalue weighted by Crippen LogP contribution is 2.12. The molecule has 0 radical (unpaired) electrons. The molecule has 1 heterocycles. The molecule has 1 rings (SSSR count). The smallest absolute Gasteiger partial charge is 0.0743 e. The van der Waals surface area contributed by atoms with Crippen molar-refractivity contribution in [2.75, 3.05) is 20.1 Å². The largest absolute Gasteiger partial charge is 0.389 e. The normalized spacial score (nSPS) is 15.5. The average molecular weight is 227 g/mol. The van der Waals surface area contributed by atoms with Crippen LogP contribution in [0.15, 0.2) is 17.5 Å². The van der Waals surface area contributed by atoms with Gasteiger partial charge in [0.15, 0.2) is 0 Å². The highest BCUT2D eigenvalue weighted by Gasteiger charge is 2.19. The van der Waals surface area contributed by atoms with Crippen molar-refractivity contribution in [3.8, 4) is 0 Å². The number of hydrogen-bond acceptors (Lipinski definition) is 3. The molecule has 1 aromatic rings. The van der Waals surface area contributed by atoms with Crippen LogP contribution in [0, 0.1) is 0 Å². The zero-order chi connectivity index (χ0) is 11.3. The number of likely N-dealkylation sites (N-methyl/N-ethyl adjacent to an activating group) is 1. The third kappa shape index (κ3) is 4.78. The van der Waals surface area contributed by atoms with Crippen molar-refractivity contribution < 1.29 is 5.11 Å². The SMILES string of the molecule is CCC(C)(O)CN(C)CCc1cccs1. The summed E-state index contributed by atoms with van der Waals surface area (Å²) in [6.07, 6.45) is 1.88. The first-order valence-corrected chi connectivity index (χ1v) is 6.35. The Kier molecular flexibility index (Phi) is 4.77. The topological polar surface area (TPSA) is 23.5 Å². The van der Waals surface area contributed by atoms with Crippen LogP contribution in [0.2, 0.25) is 0 Å². The van der Waals surface area contributed by atoms with Crippen molar-refractivity contribution >= 4 is 11.3 Å². The minimum Gasteiger partial charge on any atom is -0.389 e. The molecule has 2 nitrogen and oxygen atoms in total. The molecule has 86 valence electrons. The van der Waals surface area contributed by atoms with Gasteiger partial charge in [-0.25, -0.2) is 0 Å². The summed E-state index contributed by atoms with van der Waals surface area (Å²) >= 11 is 1.80. The molecular formula is C12H21NOS. The molecule has 3 heteroatoms. The van der Waals surface area contributed by atoms with Gasteiger partial charge in [0.25, 0.3) is 0 Å².